The van der Waals surface area contributed by atoms with E-state index in [1.165, 1.54) is 39.6 Å². The van der Waals surface area contributed by atoms with Crippen molar-refractivity contribution in [3.05, 3.63) is 103 Å². The number of benzene rings is 2. The van der Waals surface area contributed by atoms with Crippen molar-refractivity contribution in [1.82, 2.24) is 24.0 Å². The van der Waals surface area contributed by atoms with E-state index < -0.39 is 35.4 Å². The second-order valence-corrected chi connectivity index (χ2v) is 11.6. The molecule has 2 aromatic carbocycles. The molecular formula is C31H29Cl2F3N6O4. The van der Waals surface area contributed by atoms with Crippen molar-refractivity contribution in [3.63, 3.8) is 0 Å². The number of nitrogens with zero attached hydrogens (tertiary/aromatic N) is 5. The smallest absolute Gasteiger partial charge is 0.416 e. The minimum atomic E-state index is -4.50. The molecule has 1 aliphatic heterocycles. The van der Waals surface area contributed by atoms with Gasteiger partial charge >= 0.3 is 12.1 Å². The van der Waals surface area contributed by atoms with E-state index in [2.05, 4.69) is 10.3 Å². The highest BCUT2D eigenvalue weighted by Crippen LogP contribution is 2.31. The van der Waals surface area contributed by atoms with Gasteiger partial charge in [0.1, 0.15) is 5.82 Å². The van der Waals surface area contributed by atoms with Crippen LogP contribution in [0.2, 0.25) is 10.0 Å². The molecule has 1 amide bonds. The van der Waals surface area contributed by atoms with Gasteiger partial charge in [-0.2, -0.15) is 13.2 Å². The molecule has 0 saturated heterocycles. The third-order valence-corrected chi connectivity index (χ3v) is 8.51. The number of imidazole rings is 1. The van der Waals surface area contributed by atoms with E-state index in [0.717, 1.165) is 12.1 Å². The van der Waals surface area contributed by atoms with Crippen molar-refractivity contribution in [1.29, 1.82) is 0 Å². The number of anilines is 1. The van der Waals surface area contributed by atoms with Gasteiger partial charge in [-0.25, -0.2) is 19.3 Å². The predicted octanol–water partition coefficient (Wildman–Crippen LogP) is 6.23. The second-order valence-electron chi connectivity index (χ2n) is 10.8. The fourth-order valence-corrected chi connectivity index (χ4v) is 5.56. The number of ether oxygens (including phenoxy) is 1. The number of carbonyl (C=O) groups excluding carboxylic acids is 2. The maximum Gasteiger partial charge on any atom is 0.416 e. The maximum absolute atomic E-state index is 14.2. The van der Waals surface area contributed by atoms with Gasteiger partial charge in [-0.1, -0.05) is 35.3 Å². The van der Waals surface area contributed by atoms with Crippen molar-refractivity contribution in [2.75, 3.05) is 11.9 Å². The van der Waals surface area contributed by atoms with Crippen molar-refractivity contribution in [2.45, 2.75) is 52.0 Å². The second kappa shape index (κ2) is 12.8. The molecule has 5 rings (SSSR count). The number of nitrogens with one attached hydrogen (secondary N) is 1. The summed E-state index contributed by atoms with van der Waals surface area (Å²) in [4.78, 5) is 50.8. The molecule has 1 aliphatic rings. The van der Waals surface area contributed by atoms with Gasteiger partial charge in [0, 0.05) is 24.2 Å². The summed E-state index contributed by atoms with van der Waals surface area (Å²) in [6.45, 7) is 5.28. The van der Waals surface area contributed by atoms with Gasteiger partial charge in [-0.3, -0.25) is 9.59 Å². The fraction of sp³-hybridized carbons (Fsp3) is 0.323. The molecule has 2 aromatic heterocycles. The summed E-state index contributed by atoms with van der Waals surface area (Å²) in [5.41, 5.74) is 0.246. The average molecular weight is 678 g/mol. The highest BCUT2D eigenvalue weighted by molar-refractivity contribution is 6.42. The lowest BCUT2D eigenvalue weighted by atomic mass is 9.98. The fourth-order valence-electron chi connectivity index (χ4n) is 5.27. The first kappa shape index (κ1) is 33.0. The topological polar surface area (TPSA) is 111 Å². The number of carbonyl (C=O) groups is 2. The van der Waals surface area contributed by atoms with Gasteiger partial charge in [0.2, 0.25) is 11.8 Å². The molecule has 15 heteroatoms. The first-order valence-corrected chi connectivity index (χ1v) is 15.0. The number of hydrogen-bond acceptors (Lipinski definition) is 7. The van der Waals surface area contributed by atoms with Gasteiger partial charge < -0.3 is 19.5 Å². The zero-order valence-electron chi connectivity index (χ0n) is 25.2. The van der Waals surface area contributed by atoms with E-state index in [-0.39, 0.29) is 48.1 Å². The molecule has 0 radical (unpaired) electrons. The number of aromatic nitrogens is 4. The number of alkyl halides is 3. The minimum absolute atomic E-state index is 0.00549. The van der Waals surface area contributed by atoms with Crippen LogP contribution in [0.1, 0.15) is 70.2 Å². The van der Waals surface area contributed by atoms with Gasteiger partial charge in [-0.05, 0) is 63.1 Å². The predicted molar refractivity (Wildman–Crippen MR) is 166 cm³/mol. The summed E-state index contributed by atoms with van der Waals surface area (Å²) in [6.07, 6.45) is -2.99. The molecule has 46 heavy (non-hydrogen) atoms. The summed E-state index contributed by atoms with van der Waals surface area (Å²) < 4.78 is 47.3. The van der Waals surface area contributed by atoms with Gasteiger partial charge in [-0.15, -0.1) is 0 Å². The molecule has 0 fully saturated rings. The van der Waals surface area contributed by atoms with E-state index >= 15 is 0 Å². The Hall–Kier alpha value is -4.36. The van der Waals surface area contributed by atoms with Gasteiger partial charge in [0.15, 0.2) is 0 Å². The lowest BCUT2D eigenvalue weighted by Gasteiger charge is -2.35. The molecule has 0 unspecified atom stereocenters. The SMILES string of the molecule is CCOC(=O)c1ncc(-n2c(N[C@@H](C)c3ccc(C(F)(F)F)cc3)nc3c(c2=O)C[C@@H](C)N(C(=O)c2ccc(Cl)c(Cl)c2)C3)n1C. The normalized spacial score (nSPS) is 15.3. The first-order valence-electron chi connectivity index (χ1n) is 14.2. The summed E-state index contributed by atoms with van der Waals surface area (Å²) in [6, 6.07) is 8.17. The number of halogens is 5. The van der Waals surface area contributed by atoms with E-state index in [4.69, 9.17) is 32.9 Å². The molecule has 242 valence electrons. The summed E-state index contributed by atoms with van der Waals surface area (Å²) in [5, 5.41) is 3.67. The molecule has 2 atom stereocenters. The number of rotatable bonds is 7. The molecule has 10 nitrogen and oxygen atoms in total. The van der Waals surface area contributed by atoms with Crippen LogP contribution in [-0.4, -0.2) is 48.5 Å². The van der Waals surface area contributed by atoms with Crippen LogP contribution in [0.15, 0.2) is 53.5 Å². The van der Waals surface area contributed by atoms with Crippen molar-refractivity contribution in [3.8, 4) is 5.82 Å². The Kier molecular flexibility index (Phi) is 9.19. The van der Waals surface area contributed by atoms with Crippen LogP contribution in [0.3, 0.4) is 0 Å². The van der Waals surface area contributed by atoms with Crippen LogP contribution < -0.4 is 10.9 Å². The Labute approximate surface area is 271 Å². The number of hydrogen-bond donors (Lipinski definition) is 1. The summed E-state index contributed by atoms with van der Waals surface area (Å²) >= 11 is 12.2. The Balaban J connectivity index is 1.59. The Bertz CT molecular complexity index is 1870. The maximum atomic E-state index is 14.2. The minimum Gasteiger partial charge on any atom is -0.460 e. The Morgan fingerprint density at radius 3 is 2.46 bits per heavy atom. The summed E-state index contributed by atoms with van der Waals surface area (Å²) in [5.74, 6) is -0.831. The van der Waals surface area contributed by atoms with Crippen LogP contribution in [0.5, 0.6) is 0 Å². The van der Waals surface area contributed by atoms with Crippen LogP contribution in [-0.2, 0) is 30.9 Å². The van der Waals surface area contributed by atoms with Crippen LogP contribution in [0.4, 0.5) is 19.1 Å². The van der Waals surface area contributed by atoms with Gasteiger partial charge in [0.05, 0.1) is 46.7 Å². The monoisotopic (exact) mass is 676 g/mol. The highest BCUT2D eigenvalue weighted by atomic mass is 35.5. The van der Waals surface area contributed by atoms with Crippen molar-refractivity contribution in [2.24, 2.45) is 7.05 Å². The van der Waals surface area contributed by atoms with Crippen molar-refractivity contribution >= 4 is 41.0 Å². The number of fused-ring (bicyclic) bond motifs is 1. The third kappa shape index (κ3) is 6.34. The zero-order valence-corrected chi connectivity index (χ0v) is 26.7. The largest absolute Gasteiger partial charge is 0.460 e. The lowest BCUT2D eigenvalue weighted by Crippen LogP contribution is -2.46. The van der Waals surface area contributed by atoms with E-state index in [9.17, 15) is 27.6 Å². The number of amides is 1. The first-order chi connectivity index (χ1) is 21.7. The molecule has 1 N–H and O–H groups in total. The molecule has 0 aliphatic carbocycles. The Morgan fingerprint density at radius 1 is 1.13 bits per heavy atom. The summed E-state index contributed by atoms with van der Waals surface area (Å²) in [7, 11) is 1.55. The molecule has 0 spiro atoms. The van der Waals surface area contributed by atoms with Crippen LogP contribution in [0, 0.1) is 0 Å². The van der Waals surface area contributed by atoms with Crippen molar-refractivity contribution < 1.29 is 27.5 Å². The van der Waals surface area contributed by atoms with Crippen LogP contribution in [0.25, 0.3) is 5.82 Å². The Morgan fingerprint density at radius 2 is 1.83 bits per heavy atom. The molecule has 0 bridgehead atoms. The lowest BCUT2D eigenvalue weighted by molar-refractivity contribution is -0.137. The zero-order chi connectivity index (χ0) is 33.5. The average Bonchev–Trinajstić information content (AvgIpc) is 3.38. The number of esters is 1. The molecule has 3 heterocycles. The standard InChI is InChI=1S/C31H29Cl2F3N6O4/c1-5-46-29(45)26-37-14-25(40(26)4)42-28(44)21-12-16(2)41(27(43)19-8-11-22(32)23(33)13-19)15-24(21)39-30(42)38-17(3)18-6-9-20(10-7-18)31(34,35)36/h6-11,13-14,16-17H,5,12,15H2,1-4H3,(H,38,39)/t16-,17+/m1/s1. The van der Waals surface area contributed by atoms with Gasteiger partial charge in [0.25, 0.3) is 11.5 Å². The quantitative estimate of drug-likeness (QED) is 0.231. The van der Waals surface area contributed by atoms with E-state index in [0.29, 0.717) is 27.4 Å². The molecule has 4 aromatic rings. The highest BCUT2D eigenvalue weighted by Gasteiger charge is 2.34. The van der Waals surface area contributed by atoms with E-state index in [1.807, 2.05) is 6.92 Å². The third-order valence-electron chi connectivity index (χ3n) is 7.78. The molecular weight excluding hydrogens is 648 g/mol. The molecule has 0 saturated carbocycles. The van der Waals surface area contributed by atoms with E-state index in [1.54, 1.807) is 31.9 Å². The van der Waals surface area contributed by atoms with Crippen LogP contribution >= 0.6 is 23.2 Å².